The zero-order chi connectivity index (χ0) is 18.2. The van der Waals surface area contributed by atoms with Crippen molar-refractivity contribution in [1.29, 1.82) is 0 Å². The van der Waals surface area contributed by atoms with Gasteiger partial charge in [-0.25, -0.2) is 9.97 Å². The van der Waals surface area contributed by atoms with Gasteiger partial charge >= 0.3 is 11.9 Å². The summed E-state index contributed by atoms with van der Waals surface area (Å²) in [5.74, 6) is -3.35. The van der Waals surface area contributed by atoms with E-state index in [9.17, 15) is 19.5 Å². The van der Waals surface area contributed by atoms with E-state index in [0.717, 1.165) is 5.56 Å². The number of carbonyl (C=O) groups is 3. The van der Waals surface area contributed by atoms with Crippen LogP contribution in [-0.2, 0) is 19.1 Å². The van der Waals surface area contributed by atoms with Crippen molar-refractivity contribution >= 4 is 23.5 Å². The highest BCUT2D eigenvalue weighted by atomic mass is 16.5. The van der Waals surface area contributed by atoms with Gasteiger partial charge < -0.3 is 15.2 Å². The maximum atomic E-state index is 12.1. The van der Waals surface area contributed by atoms with Gasteiger partial charge in [0.1, 0.15) is 5.92 Å². The van der Waals surface area contributed by atoms with Gasteiger partial charge in [-0.2, -0.15) is 0 Å². The Labute approximate surface area is 143 Å². The fourth-order valence-corrected chi connectivity index (χ4v) is 2.11. The molecule has 1 atom stereocenters. The Morgan fingerprint density at radius 2 is 1.80 bits per heavy atom. The van der Waals surface area contributed by atoms with Crippen molar-refractivity contribution in [2.75, 3.05) is 12.4 Å². The number of rotatable bonds is 7. The van der Waals surface area contributed by atoms with Gasteiger partial charge in [-0.3, -0.25) is 14.4 Å². The Morgan fingerprint density at radius 3 is 2.36 bits per heavy atom. The van der Waals surface area contributed by atoms with Crippen molar-refractivity contribution in [3.8, 4) is 11.4 Å². The lowest BCUT2D eigenvalue weighted by molar-refractivity contribution is -0.146. The second kappa shape index (κ2) is 8.53. The first-order valence-corrected chi connectivity index (χ1v) is 7.49. The molecule has 0 bridgehead atoms. The predicted octanol–water partition coefficient (Wildman–Crippen LogP) is 1.74. The highest BCUT2D eigenvalue weighted by Gasteiger charge is 2.27. The number of amides is 1. The van der Waals surface area contributed by atoms with E-state index >= 15 is 0 Å². The molecule has 2 N–H and O–H groups in total. The van der Waals surface area contributed by atoms with Crippen molar-refractivity contribution < 1.29 is 24.2 Å². The van der Waals surface area contributed by atoms with Crippen LogP contribution in [0.3, 0.4) is 0 Å². The molecule has 8 nitrogen and oxygen atoms in total. The van der Waals surface area contributed by atoms with E-state index in [1.165, 1.54) is 7.11 Å². The molecule has 130 valence electrons. The minimum absolute atomic E-state index is 0.135. The number of carbonyl (C=O) groups excluding carboxylic acids is 2. The third-order valence-corrected chi connectivity index (χ3v) is 3.46. The van der Waals surface area contributed by atoms with E-state index in [1.54, 1.807) is 42.7 Å². The lowest BCUT2D eigenvalue weighted by atomic mass is 10.0. The molecule has 8 heteroatoms. The minimum atomic E-state index is -1.34. The zero-order valence-corrected chi connectivity index (χ0v) is 13.5. The average Bonchev–Trinajstić information content (AvgIpc) is 2.62. The van der Waals surface area contributed by atoms with Crippen molar-refractivity contribution in [2.45, 2.75) is 12.8 Å². The summed E-state index contributed by atoms with van der Waals surface area (Å²) in [5.41, 5.74) is 1.20. The van der Waals surface area contributed by atoms with Crippen LogP contribution in [0.15, 0.2) is 42.7 Å². The maximum Gasteiger partial charge on any atom is 0.316 e. The number of anilines is 1. The summed E-state index contributed by atoms with van der Waals surface area (Å²) in [4.78, 5) is 42.8. The van der Waals surface area contributed by atoms with E-state index in [-0.39, 0.29) is 12.8 Å². The normalized spacial score (nSPS) is 11.4. The number of carboxylic acid groups (broad SMARTS) is 1. The third-order valence-electron chi connectivity index (χ3n) is 3.46. The quantitative estimate of drug-likeness (QED) is 0.580. The van der Waals surface area contributed by atoms with E-state index < -0.39 is 23.8 Å². The second-order valence-corrected chi connectivity index (χ2v) is 5.14. The van der Waals surface area contributed by atoms with Crippen LogP contribution in [0, 0.1) is 5.92 Å². The number of methoxy groups -OCH3 is 1. The lowest BCUT2D eigenvalue weighted by Gasteiger charge is -2.12. The molecule has 25 heavy (non-hydrogen) atoms. The number of aliphatic carboxylic acids is 1. The van der Waals surface area contributed by atoms with Gasteiger partial charge in [0, 0.05) is 30.1 Å². The van der Waals surface area contributed by atoms with Crippen molar-refractivity contribution in [3.63, 3.8) is 0 Å². The molecular formula is C17H17N3O5. The standard InChI is InChI=1S/C17H17N3O5/c1-25-14(21)8-7-13(17(23)24)16(22)20-12-5-3-11(4-6-12)15-18-9-2-10-19-15/h2-6,9-10,13H,7-8H2,1H3,(H,20,22)(H,23,24)/t13-/m0/s1. The molecule has 0 aliphatic carbocycles. The predicted molar refractivity (Wildman–Crippen MR) is 88.5 cm³/mol. The van der Waals surface area contributed by atoms with E-state index in [4.69, 9.17) is 0 Å². The number of nitrogens with zero attached hydrogens (tertiary/aromatic N) is 2. The molecule has 0 saturated carbocycles. The molecule has 0 radical (unpaired) electrons. The molecular weight excluding hydrogens is 326 g/mol. The molecule has 1 aromatic heterocycles. The minimum Gasteiger partial charge on any atom is -0.481 e. The molecule has 0 fully saturated rings. The first kappa shape index (κ1) is 18.1. The van der Waals surface area contributed by atoms with Crippen molar-refractivity contribution in [3.05, 3.63) is 42.7 Å². The number of benzene rings is 1. The Balaban J connectivity index is 2.03. The maximum absolute atomic E-state index is 12.1. The van der Waals surface area contributed by atoms with E-state index in [0.29, 0.717) is 11.5 Å². The monoisotopic (exact) mass is 343 g/mol. The van der Waals surface area contributed by atoms with Crippen LogP contribution in [-0.4, -0.2) is 40.0 Å². The summed E-state index contributed by atoms with van der Waals surface area (Å²) in [5, 5.41) is 11.7. The fraction of sp³-hybridized carbons (Fsp3) is 0.235. The smallest absolute Gasteiger partial charge is 0.316 e. The average molecular weight is 343 g/mol. The fourth-order valence-electron chi connectivity index (χ4n) is 2.11. The van der Waals surface area contributed by atoms with Gasteiger partial charge in [0.2, 0.25) is 5.91 Å². The number of aromatic nitrogens is 2. The van der Waals surface area contributed by atoms with Gasteiger partial charge in [0.25, 0.3) is 0 Å². The zero-order valence-electron chi connectivity index (χ0n) is 13.5. The number of carboxylic acids is 1. The van der Waals surface area contributed by atoms with Gasteiger partial charge in [-0.05, 0) is 36.8 Å². The molecule has 2 aromatic rings. The van der Waals surface area contributed by atoms with Crippen LogP contribution in [0.5, 0.6) is 0 Å². The van der Waals surface area contributed by atoms with Crippen LogP contribution in [0.25, 0.3) is 11.4 Å². The Hall–Kier alpha value is -3.29. The first-order chi connectivity index (χ1) is 12.0. The highest BCUT2D eigenvalue weighted by Crippen LogP contribution is 2.18. The summed E-state index contributed by atoms with van der Waals surface area (Å²) < 4.78 is 4.46. The van der Waals surface area contributed by atoms with Crippen molar-refractivity contribution in [2.24, 2.45) is 5.92 Å². The molecule has 0 spiro atoms. The van der Waals surface area contributed by atoms with Gasteiger partial charge in [0.05, 0.1) is 7.11 Å². The molecule has 0 unspecified atom stereocenters. The van der Waals surface area contributed by atoms with Crippen LogP contribution in [0.1, 0.15) is 12.8 Å². The third kappa shape index (κ3) is 5.10. The Bertz CT molecular complexity index is 747. The molecule has 0 saturated heterocycles. The molecule has 1 heterocycles. The summed E-state index contributed by atoms with van der Waals surface area (Å²) in [7, 11) is 1.20. The Morgan fingerprint density at radius 1 is 1.16 bits per heavy atom. The van der Waals surface area contributed by atoms with Crippen molar-refractivity contribution in [1.82, 2.24) is 9.97 Å². The molecule has 0 aliphatic rings. The second-order valence-electron chi connectivity index (χ2n) is 5.14. The number of hydrogen-bond donors (Lipinski definition) is 2. The molecule has 1 amide bonds. The van der Waals surface area contributed by atoms with Gasteiger partial charge in [0.15, 0.2) is 5.82 Å². The van der Waals surface area contributed by atoms with Crippen LogP contribution in [0.4, 0.5) is 5.69 Å². The molecule has 0 aliphatic heterocycles. The largest absolute Gasteiger partial charge is 0.481 e. The summed E-state index contributed by atoms with van der Waals surface area (Å²) in [6.45, 7) is 0. The Kier molecular flexibility index (Phi) is 6.16. The summed E-state index contributed by atoms with van der Waals surface area (Å²) >= 11 is 0. The van der Waals surface area contributed by atoms with E-state index in [2.05, 4.69) is 20.0 Å². The lowest BCUT2D eigenvalue weighted by Crippen LogP contribution is -2.30. The first-order valence-electron chi connectivity index (χ1n) is 7.49. The van der Waals surface area contributed by atoms with Gasteiger partial charge in [-0.15, -0.1) is 0 Å². The van der Waals surface area contributed by atoms with Crippen LogP contribution in [0.2, 0.25) is 0 Å². The number of hydrogen-bond acceptors (Lipinski definition) is 6. The summed E-state index contributed by atoms with van der Waals surface area (Å²) in [6, 6.07) is 8.40. The SMILES string of the molecule is COC(=O)CC[C@H](C(=O)O)C(=O)Nc1ccc(-c2ncccn2)cc1. The van der Waals surface area contributed by atoms with Crippen LogP contribution >= 0.6 is 0 Å². The summed E-state index contributed by atoms with van der Waals surface area (Å²) in [6.07, 6.45) is 2.96. The van der Waals surface area contributed by atoms with Gasteiger partial charge in [-0.1, -0.05) is 0 Å². The number of ether oxygens (including phenoxy) is 1. The van der Waals surface area contributed by atoms with E-state index in [1.807, 2.05) is 0 Å². The highest BCUT2D eigenvalue weighted by molar-refractivity contribution is 6.04. The molecule has 1 aromatic carbocycles. The topological polar surface area (TPSA) is 118 Å². The van der Waals surface area contributed by atoms with Crippen LogP contribution < -0.4 is 5.32 Å². The molecule has 2 rings (SSSR count). The number of esters is 1. The number of nitrogens with one attached hydrogen (secondary N) is 1.